The van der Waals surface area contributed by atoms with Gasteiger partial charge in [0.15, 0.2) is 5.69 Å². The van der Waals surface area contributed by atoms with Crippen LogP contribution in [0.15, 0.2) is 24.3 Å². The highest BCUT2D eigenvalue weighted by Crippen LogP contribution is 2.23. The number of hydrogen-bond acceptors (Lipinski definition) is 5. The molecule has 0 spiro atoms. The summed E-state index contributed by atoms with van der Waals surface area (Å²) in [5.41, 5.74) is 1.15. The summed E-state index contributed by atoms with van der Waals surface area (Å²) < 4.78 is 11.6. The highest BCUT2D eigenvalue weighted by Gasteiger charge is 2.19. The summed E-state index contributed by atoms with van der Waals surface area (Å²) in [6.07, 6.45) is 0. The third-order valence-corrected chi connectivity index (χ3v) is 3.11. The van der Waals surface area contributed by atoms with Crippen molar-refractivity contribution < 1.29 is 24.2 Å². The van der Waals surface area contributed by atoms with Crippen molar-refractivity contribution in [2.75, 3.05) is 13.2 Å². The van der Waals surface area contributed by atoms with E-state index in [0.717, 1.165) is 0 Å². The van der Waals surface area contributed by atoms with E-state index in [1.165, 1.54) is 10.7 Å². The molecule has 0 atom stereocenters. The normalized spacial score (nSPS) is 10.4. The fraction of sp³-hybridized carbons (Fsp3) is 0.312. The number of aromatic carboxylic acids is 1. The van der Waals surface area contributed by atoms with Crippen molar-refractivity contribution in [1.29, 1.82) is 0 Å². The molecule has 0 aliphatic heterocycles. The maximum absolute atomic E-state index is 11.8. The minimum atomic E-state index is -1.10. The maximum atomic E-state index is 11.8. The van der Waals surface area contributed by atoms with Gasteiger partial charge in [-0.3, -0.25) is 0 Å². The lowest BCUT2D eigenvalue weighted by Gasteiger charge is -2.10. The van der Waals surface area contributed by atoms with E-state index < -0.39 is 11.9 Å². The molecule has 0 amide bonds. The van der Waals surface area contributed by atoms with E-state index in [1.807, 2.05) is 6.92 Å². The van der Waals surface area contributed by atoms with E-state index in [2.05, 4.69) is 5.10 Å². The van der Waals surface area contributed by atoms with Crippen LogP contribution in [-0.2, 0) is 4.74 Å². The fourth-order valence-corrected chi connectivity index (χ4v) is 2.15. The van der Waals surface area contributed by atoms with Crippen LogP contribution < -0.4 is 4.74 Å². The zero-order chi connectivity index (χ0) is 17.0. The summed E-state index contributed by atoms with van der Waals surface area (Å²) in [6, 6.07) is 6.26. The lowest BCUT2D eigenvalue weighted by atomic mass is 10.1. The molecule has 0 saturated carbocycles. The van der Waals surface area contributed by atoms with Gasteiger partial charge in [0, 0.05) is 5.69 Å². The van der Waals surface area contributed by atoms with Crippen molar-refractivity contribution in [2.24, 2.45) is 0 Å². The first kappa shape index (κ1) is 16.5. The number of benzene rings is 1. The topological polar surface area (TPSA) is 90.7 Å². The Morgan fingerprint density at radius 2 is 1.96 bits per heavy atom. The van der Waals surface area contributed by atoms with Crippen molar-refractivity contribution in [3.05, 3.63) is 41.2 Å². The number of carboxylic acids is 1. The lowest BCUT2D eigenvalue weighted by Crippen LogP contribution is -2.10. The summed E-state index contributed by atoms with van der Waals surface area (Å²) >= 11 is 0. The molecule has 1 aromatic heterocycles. The Morgan fingerprint density at radius 3 is 2.57 bits per heavy atom. The minimum Gasteiger partial charge on any atom is -0.494 e. The maximum Gasteiger partial charge on any atom is 0.358 e. The van der Waals surface area contributed by atoms with Gasteiger partial charge in [-0.25, -0.2) is 14.3 Å². The average Bonchev–Trinajstić information content (AvgIpc) is 2.90. The second kappa shape index (κ2) is 6.95. The van der Waals surface area contributed by atoms with Gasteiger partial charge in [0.1, 0.15) is 5.75 Å². The zero-order valence-corrected chi connectivity index (χ0v) is 13.2. The number of carboxylic acid groups (broad SMARTS) is 1. The Hall–Kier alpha value is -2.83. The SMILES string of the molecule is CCOC(=O)c1cc(C)n(-c2ccc(OCC)cc2C(=O)O)n1. The van der Waals surface area contributed by atoms with Gasteiger partial charge in [0.25, 0.3) is 0 Å². The molecule has 2 aromatic rings. The molecular weight excluding hydrogens is 300 g/mol. The van der Waals surface area contributed by atoms with Crippen LogP contribution in [0.2, 0.25) is 0 Å². The first-order chi connectivity index (χ1) is 11.0. The van der Waals surface area contributed by atoms with Crippen molar-refractivity contribution >= 4 is 11.9 Å². The molecule has 0 bridgehead atoms. The lowest BCUT2D eigenvalue weighted by molar-refractivity contribution is 0.0518. The van der Waals surface area contributed by atoms with Crippen LogP contribution in [0.3, 0.4) is 0 Å². The molecule has 1 heterocycles. The molecule has 23 heavy (non-hydrogen) atoms. The first-order valence-electron chi connectivity index (χ1n) is 7.22. The predicted octanol–water partition coefficient (Wildman–Crippen LogP) is 2.45. The third kappa shape index (κ3) is 3.50. The van der Waals surface area contributed by atoms with E-state index in [-0.39, 0.29) is 17.9 Å². The van der Waals surface area contributed by atoms with Gasteiger partial charge >= 0.3 is 11.9 Å². The number of aryl methyl sites for hydroxylation is 1. The van der Waals surface area contributed by atoms with Gasteiger partial charge in [-0.1, -0.05) is 0 Å². The smallest absolute Gasteiger partial charge is 0.358 e. The highest BCUT2D eigenvalue weighted by atomic mass is 16.5. The molecule has 0 saturated heterocycles. The van der Waals surface area contributed by atoms with Gasteiger partial charge in [-0.05, 0) is 45.0 Å². The van der Waals surface area contributed by atoms with Crippen molar-refractivity contribution in [1.82, 2.24) is 9.78 Å². The molecule has 1 aromatic carbocycles. The van der Waals surface area contributed by atoms with Crippen molar-refractivity contribution in [2.45, 2.75) is 20.8 Å². The van der Waals surface area contributed by atoms with Gasteiger partial charge in [-0.2, -0.15) is 5.10 Å². The summed E-state index contributed by atoms with van der Waals surface area (Å²) in [7, 11) is 0. The highest BCUT2D eigenvalue weighted by molar-refractivity contribution is 5.93. The van der Waals surface area contributed by atoms with E-state index in [0.29, 0.717) is 23.7 Å². The first-order valence-corrected chi connectivity index (χ1v) is 7.22. The predicted molar refractivity (Wildman–Crippen MR) is 82.4 cm³/mol. The fourth-order valence-electron chi connectivity index (χ4n) is 2.15. The molecule has 7 heteroatoms. The number of aromatic nitrogens is 2. The van der Waals surface area contributed by atoms with E-state index >= 15 is 0 Å². The minimum absolute atomic E-state index is 0.0394. The van der Waals surface area contributed by atoms with Crippen molar-refractivity contribution in [3.8, 4) is 11.4 Å². The van der Waals surface area contributed by atoms with Gasteiger partial charge in [0.05, 0.1) is 24.5 Å². The molecule has 0 fully saturated rings. The molecule has 0 aliphatic carbocycles. The largest absolute Gasteiger partial charge is 0.494 e. The molecule has 0 radical (unpaired) electrons. The van der Waals surface area contributed by atoms with Crippen LogP contribution in [0.5, 0.6) is 5.75 Å². The van der Waals surface area contributed by atoms with Crippen LogP contribution in [0.4, 0.5) is 0 Å². The average molecular weight is 318 g/mol. The quantitative estimate of drug-likeness (QED) is 0.823. The van der Waals surface area contributed by atoms with Crippen LogP contribution in [-0.4, -0.2) is 40.0 Å². The molecule has 7 nitrogen and oxygen atoms in total. The van der Waals surface area contributed by atoms with E-state index in [4.69, 9.17) is 9.47 Å². The van der Waals surface area contributed by atoms with Crippen LogP contribution in [0.1, 0.15) is 40.4 Å². The van der Waals surface area contributed by atoms with Crippen LogP contribution >= 0.6 is 0 Å². The standard InChI is InChI=1S/C16H18N2O5/c1-4-22-11-6-7-14(12(9-11)15(19)20)18-10(3)8-13(17-18)16(21)23-5-2/h6-9H,4-5H2,1-3H3,(H,19,20). The van der Waals surface area contributed by atoms with Crippen LogP contribution in [0.25, 0.3) is 5.69 Å². The van der Waals surface area contributed by atoms with E-state index in [9.17, 15) is 14.7 Å². The third-order valence-electron chi connectivity index (χ3n) is 3.11. The summed E-state index contributed by atoms with van der Waals surface area (Å²) in [6.45, 7) is 5.94. The Kier molecular flexibility index (Phi) is 5.00. The second-order valence-corrected chi connectivity index (χ2v) is 4.72. The summed E-state index contributed by atoms with van der Waals surface area (Å²) in [4.78, 5) is 23.3. The van der Waals surface area contributed by atoms with E-state index in [1.54, 1.807) is 32.0 Å². The number of carbonyl (C=O) groups excluding carboxylic acids is 1. The van der Waals surface area contributed by atoms with Crippen LogP contribution in [0, 0.1) is 6.92 Å². The zero-order valence-electron chi connectivity index (χ0n) is 13.2. The second-order valence-electron chi connectivity index (χ2n) is 4.72. The molecular formula is C16H18N2O5. The molecule has 1 N–H and O–H groups in total. The monoisotopic (exact) mass is 318 g/mol. The number of ether oxygens (including phenoxy) is 2. The number of hydrogen-bond donors (Lipinski definition) is 1. The molecule has 0 aliphatic rings. The summed E-state index contributed by atoms with van der Waals surface area (Å²) in [5.74, 6) is -1.18. The number of rotatable bonds is 6. The van der Waals surface area contributed by atoms with Gasteiger partial charge in [-0.15, -0.1) is 0 Å². The van der Waals surface area contributed by atoms with Gasteiger partial charge in [0.2, 0.25) is 0 Å². The molecule has 2 rings (SSSR count). The Labute approximate surface area is 133 Å². The van der Waals surface area contributed by atoms with Gasteiger partial charge < -0.3 is 14.6 Å². The Morgan fingerprint density at radius 1 is 1.22 bits per heavy atom. The number of nitrogens with zero attached hydrogens (tertiary/aromatic N) is 2. The Balaban J connectivity index is 2.49. The molecule has 122 valence electrons. The Bertz CT molecular complexity index is 736. The van der Waals surface area contributed by atoms with Crippen molar-refractivity contribution in [3.63, 3.8) is 0 Å². The number of carbonyl (C=O) groups is 2. The number of esters is 1. The molecule has 0 unspecified atom stereocenters. The summed E-state index contributed by atoms with van der Waals surface area (Å²) in [5, 5.41) is 13.6.